The highest BCUT2D eigenvalue weighted by Crippen LogP contribution is 2.23. The van der Waals surface area contributed by atoms with Crippen molar-refractivity contribution in [2.45, 2.75) is 37.1 Å². The lowest BCUT2D eigenvalue weighted by Crippen LogP contribution is -2.17. The maximum atomic E-state index is 11.3. The zero-order chi connectivity index (χ0) is 14.5. The Morgan fingerprint density at radius 1 is 1.35 bits per heavy atom. The van der Waals surface area contributed by atoms with Crippen LogP contribution in [0.1, 0.15) is 23.4 Å². The van der Waals surface area contributed by atoms with Gasteiger partial charge >= 0.3 is 5.97 Å². The van der Waals surface area contributed by atoms with Crippen molar-refractivity contribution in [1.29, 1.82) is 0 Å². The number of H-pyrrole nitrogens is 1. The van der Waals surface area contributed by atoms with E-state index < -0.39 is 11.2 Å². The number of nitrogens with zero attached hydrogens (tertiary/aromatic N) is 2. The van der Waals surface area contributed by atoms with E-state index in [1.807, 2.05) is 31.2 Å². The highest BCUT2D eigenvalue weighted by Gasteiger charge is 2.20. The number of hydrogen-bond acceptors (Lipinski definition) is 4. The molecule has 106 valence electrons. The molecule has 1 unspecified atom stereocenters. The maximum absolute atomic E-state index is 11.3. The molecule has 1 aromatic heterocycles. The third-order valence-corrected chi connectivity index (χ3v) is 4.03. The first-order chi connectivity index (χ1) is 9.54. The summed E-state index contributed by atoms with van der Waals surface area (Å²) in [6.45, 7) is 3.82. The third-order valence-electron chi connectivity index (χ3n) is 2.92. The van der Waals surface area contributed by atoms with Crippen LogP contribution in [0, 0.1) is 13.8 Å². The van der Waals surface area contributed by atoms with E-state index in [9.17, 15) is 9.90 Å². The average Bonchev–Trinajstić information content (AvgIpc) is 2.81. The topological polar surface area (TPSA) is 78.9 Å². The number of carboxylic acid groups (broad SMARTS) is 1. The number of thioether (sulfide) groups is 1. The fraction of sp³-hybridized carbons (Fsp3) is 0.357. The number of hydrogen-bond donors (Lipinski definition) is 2. The second-order valence-corrected chi connectivity index (χ2v) is 5.84. The minimum Gasteiger partial charge on any atom is -0.480 e. The van der Waals surface area contributed by atoms with E-state index in [4.69, 9.17) is 0 Å². The predicted molar refractivity (Wildman–Crippen MR) is 77.9 cm³/mol. The number of carboxylic acids is 1. The van der Waals surface area contributed by atoms with E-state index in [0.717, 1.165) is 12.0 Å². The Labute approximate surface area is 121 Å². The lowest BCUT2D eigenvalue weighted by molar-refractivity contribution is -0.136. The van der Waals surface area contributed by atoms with Crippen LogP contribution in [0.2, 0.25) is 0 Å². The zero-order valence-corrected chi connectivity index (χ0v) is 12.3. The largest absolute Gasteiger partial charge is 0.480 e. The van der Waals surface area contributed by atoms with E-state index in [2.05, 4.69) is 15.2 Å². The first-order valence-electron chi connectivity index (χ1n) is 6.38. The van der Waals surface area contributed by atoms with Crippen molar-refractivity contribution in [1.82, 2.24) is 15.2 Å². The Balaban J connectivity index is 1.95. The zero-order valence-electron chi connectivity index (χ0n) is 11.5. The molecule has 1 atom stereocenters. The van der Waals surface area contributed by atoms with Crippen molar-refractivity contribution < 1.29 is 9.90 Å². The van der Waals surface area contributed by atoms with Crippen LogP contribution in [0.5, 0.6) is 0 Å². The lowest BCUT2D eigenvalue weighted by Gasteiger charge is -2.09. The van der Waals surface area contributed by atoms with Gasteiger partial charge in [0, 0.05) is 0 Å². The molecule has 20 heavy (non-hydrogen) atoms. The van der Waals surface area contributed by atoms with E-state index in [-0.39, 0.29) is 0 Å². The quantitative estimate of drug-likeness (QED) is 0.800. The molecule has 0 saturated carbocycles. The molecule has 0 aliphatic heterocycles. The third kappa shape index (κ3) is 4.09. The van der Waals surface area contributed by atoms with Crippen LogP contribution in [0.3, 0.4) is 0 Å². The number of aliphatic carboxylic acids is 1. The molecule has 2 aromatic rings. The molecule has 1 heterocycles. The number of nitrogens with one attached hydrogen (secondary N) is 1. The Morgan fingerprint density at radius 3 is 2.60 bits per heavy atom. The van der Waals surface area contributed by atoms with Crippen LogP contribution in [0.4, 0.5) is 0 Å². The molecule has 0 fully saturated rings. The van der Waals surface area contributed by atoms with Gasteiger partial charge in [0.2, 0.25) is 5.16 Å². The van der Waals surface area contributed by atoms with Gasteiger partial charge in [-0.05, 0) is 32.3 Å². The normalized spacial score (nSPS) is 12.3. The number of benzene rings is 1. The average molecular weight is 291 g/mol. The van der Waals surface area contributed by atoms with Crippen LogP contribution in [0.15, 0.2) is 29.4 Å². The van der Waals surface area contributed by atoms with Crippen molar-refractivity contribution in [3.8, 4) is 0 Å². The number of aromatic nitrogens is 3. The van der Waals surface area contributed by atoms with Crippen LogP contribution in [-0.4, -0.2) is 31.5 Å². The highest BCUT2D eigenvalue weighted by molar-refractivity contribution is 8.00. The van der Waals surface area contributed by atoms with Crippen molar-refractivity contribution in [3.05, 3.63) is 41.2 Å². The Kier molecular flexibility index (Phi) is 4.79. The summed E-state index contributed by atoms with van der Waals surface area (Å²) in [5, 5.41) is 15.9. The molecule has 0 radical (unpaired) electrons. The molecule has 5 nitrogen and oxygen atoms in total. The fourth-order valence-electron chi connectivity index (χ4n) is 1.79. The van der Waals surface area contributed by atoms with Crippen molar-refractivity contribution in [3.63, 3.8) is 0 Å². The van der Waals surface area contributed by atoms with Gasteiger partial charge in [0.05, 0.1) is 0 Å². The molecule has 2 rings (SSSR count). The second-order valence-electron chi connectivity index (χ2n) is 4.67. The smallest absolute Gasteiger partial charge is 0.317 e. The number of carbonyl (C=O) groups is 1. The first kappa shape index (κ1) is 14.6. The van der Waals surface area contributed by atoms with Crippen molar-refractivity contribution in [2.75, 3.05) is 0 Å². The summed E-state index contributed by atoms with van der Waals surface area (Å²) in [5.41, 5.74) is 2.35. The molecular formula is C14H17N3O2S. The van der Waals surface area contributed by atoms with Crippen LogP contribution < -0.4 is 0 Å². The maximum Gasteiger partial charge on any atom is 0.317 e. The van der Waals surface area contributed by atoms with Gasteiger partial charge in [0.15, 0.2) is 0 Å². The summed E-state index contributed by atoms with van der Waals surface area (Å²) in [5.74, 6) is -0.139. The van der Waals surface area contributed by atoms with Gasteiger partial charge in [-0.25, -0.2) is 4.98 Å². The van der Waals surface area contributed by atoms with Gasteiger partial charge in [-0.1, -0.05) is 41.6 Å². The molecule has 0 aliphatic rings. The summed E-state index contributed by atoms with van der Waals surface area (Å²) < 4.78 is 0. The van der Waals surface area contributed by atoms with Gasteiger partial charge in [-0.15, -0.1) is 5.10 Å². The monoisotopic (exact) mass is 291 g/mol. The van der Waals surface area contributed by atoms with Gasteiger partial charge in [-0.3, -0.25) is 9.89 Å². The summed E-state index contributed by atoms with van der Waals surface area (Å²) in [6, 6.07) is 8.15. The highest BCUT2D eigenvalue weighted by atomic mass is 32.2. The number of rotatable bonds is 6. The first-order valence-corrected chi connectivity index (χ1v) is 7.26. The molecule has 2 N–H and O–H groups in total. The second kappa shape index (κ2) is 6.56. The Hall–Kier alpha value is -1.82. The Morgan fingerprint density at radius 2 is 2.05 bits per heavy atom. The fourth-order valence-corrected chi connectivity index (χ4v) is 2.67. The van der Waals surface area contributed by atoms with E-state index in [1.54, 1.807) is 6.92 Å². The molecule has 0 saturated heterocycles. The molecule has 0 aliphatic carbocycles. The summed E-state index contributed by atoms with van der Waals surface area (Å²) in [6.07, 6.45) is 1.28. The van der Waals surface area contributed by atoms with Gasteiger partial charge in [0.25, 0.3) is 0 Å². The molecule has 0 bridgehead atoms. The van der Waals surface area contributed by atoms with Gasteiger partial charge in [0.1, 0.15) is 11.1 Å². The van der Waals surface area contributed by atoms with E-state index in [1.165, 1.54) is 17.3 Å². The lowest BCUT2D eigenvalue weighted by atomic mass is 10.1. The molecule has 1 aromatic carbocycles. The van der Waals surface area contributed by atoms with Gasteiger partial charge < -0.3 is 5.11 Å². The summed E-state index contributed by atoms with van der Waals surface area (Å²) >= 11 is 1.19. The van der Waals surface area contributed by atoms with E-state index >= 15 is 0 Å². The Bertz CT molecular complexity index is 580. The summed E-state index contributed by atoms with van der Waals surface area (Å²) in [7, 11) is 0. The van der Waals surface area contributed by atoms with Crippen molar-refractivity contribution in [2.24, 2.45) is 0 Å². The predicted octanol–water partition coefficient (Wildman–Crippen LogP) is 2.60. The number of aromatic amines is 1. The minimum atomic E-state index is -0.829. The van der Waals surface area contributed by atoms with Crippen molar-refractivity contribution >= 4 is 17.7 Å². The van der Waals surface area contributed by atoms with Crippen LogP contribution in [-0.2, 0) is 11.2 Å². The molecule has 0 amide bonds. The SMILES string of the molecule is Cc1ccc(CCC(Sc2n[nH]c(C)n2)C(=O)O)cc1. The summed E-state index contributed by atoms with van der Waals surface area (Å²) in [4.78, 5) is 15.4. The minimum absolute atomic E-state index is 0.485. The molecule has 6 heteroatoms. The standard InChI is InChI=1S/C14H17N3O2S/c1-9-3-5-11(6-4-9)7-8-12(13(18)19)20-14-15-10(2)16-17-14/h3-6,12H,7-8H2,1-2H3,(H,18,19)(H,15,16,17). The van der Waals surface area contributed by atoms with Gasteiger partial charge in [-0.2, -0.15) is 0 Å². The van der Waals surface area contributed by atoms with Crippen LogP contribution >= 0.6 is 11.8 Å². The molecular weight excluding hydrogens is 274 g/mol. The van der Waals surface area contributed by atoms with E-state index in [0.29, 0.717) is 17.4 Å². The number of aryl methyl sites for hydroxylation is 3. The molecule has 0 spiro atoms. The van der Waals surface area contributed by atoms with Crippen LogP contribution in [0.25, 0.3) is 0 Å².